The average Bonchev–Trinajstić information content (AvgIpc) is 2.86. The highest BCUT2D eigenvalue weighted by Gasteiger charge is 2.35. The smallest absolute Gasteiger partial charge is 0.295 e. The van der Waals surface area contributed by atoms with Gasteiger partial charge in [-0.05, 0) is 12.1 Å². The van der Waals surface area contributed by atoms with E-state index in [-0.39, 0.29) is 11.4 Å². The van der Waals surface area contributed by atoms with Crippen molar-refractivity contribution in [3.8, 4) is 0 Å². The van der Waals surface area contributed by atoms with Gasteiger partial charge in [0.1, 0.15) is 17.1 Å². The average molecular weight is 270 g/mol. The molecule has 1 fully saturated rings. The van der Waals surface area contributed by atoms with Crippen LogP contribution in [0.15, 0.2) is 18.2 Å². The fourth-order valence-corrected chi connectivity index (χ4v) is 2.02. The molecule has 2 rings (SSSR count). The number of rotatable bonds is 5. The highest BCUT2D eigenvalue weighted by atomic mass is 19.1. The molecule has 0 aromatic heterocycles. The van der Waals surface area contributed by atoms with E-state index < -0.39 is 16.3 Å². The minimum atomic E-state index is -0.636. The second-order valence-electron chi connectivity index (χ2n) is 4.46. The first kappa shape index (κ1) is 13.7. The first-order valence-electron chi connectivity index (χ1n) is 5.87. The van der Waals surface area contributed by atoms with E-state index >= 15 is 0 Å². The van der Waals surface area contributed by atoms with Crippen molar-refractivity contribution in [2.24, 2.45) is 0 Å². The lowest BCUT2D eigenvalue weighted by molar-refractivity contribution is -0.384. The quantitative estimate of drug-likeness (QED) is 0.654. The standard InChI is InChI=1S/C12H15FN2O4/c1-18-12(4-5-19-8-12)7-14-10-3-2-9(13)6-11(10)15(16)17/h2-3,6,14H,4-5,7-8H2,1H3. The Hall–Kier alpha value is -1.73. The Bertz CT molecular complexity index is 475. The van der Waals surface area contributed by atoms with Crippen molar-refractivity contribution < 1.29 is 18.8 Å². The molecule has 1 heterocycles. The molecule has 104 valence electrons. The summed E-state index contributed by atoms with van der Waals surface area (Å²) in [5.41, 5.74) is -0.498. The molecule has 1 aromatic carbocycles. The monoisotopic (exact) mass is 270 g/mol. The number of nitrogens with zero attached hydrogens (tertiary/aromatic N) is 1. The number of hydrogen-bond donors (Lipinski definition) is 1. The molecule has 1 atom stereocenters. The maximum absolute atomic E-state index is 13.0. The summed E-state index contributed by atoms with van der Waals surface area (Å²) in [7, 11) is 1.58. The molecule has 0 aliphatic carbocycles. The third-order valence-corrected chi connectivity index (χ3v) is 3.26. The van der Waals surface area contributed by atoms with Gasteiger partial charge < -0.3 is 14.8 Å². The Morgan fingerprint density at radius 2 is 2.42 bits per heavy atom. The molecule has 19 heavy (non-hydrogen) atoms. The van der Waals surface area contributed by atoms with E-state index in [0.29, 0.717) is 26.2 Å². The molecule has 0 radical (unpaired) electrons. The normalized spacial score (nSPS) is 22.4. The SMILES string of the molecule is COC1(CNc2ccc(F)cc2[N+](=O)[O-])CCOC1. The number of anilines is 1. The van der Waals surface area contributed by atoms with Crippen LogP contribution in [0.1, 0.15) is 6.42 Å². The Morgan fingerprint density at radius 1 is 1.63 bits per heavy atom. The van der Waals surface area contributed by atoms with Gasteiger partial charge in [-0.2, -0.15) is 0 Å². The molecular formula is C12H15FN2O4. The van der Waals surface area contributed by atoms with E-state index in [2.05, 4.69) is 5.32 Å². The Balaban J connectivity index is 2.13. The Kier molecular flexibility index (Phi) is 3.96. The number of hydrogen-bond acceptors (Lipinski definition) is 5. The van der Waals surface area contributed by atoms with Gasteiger partial charge >= 0.3 is 0 Å². The number of ether oxygens (including phenoxy) is 2. The maximum Gasteiger partial charge on any atom is 0.295 e. The van der Waals surface area contributed by atoms with E-state index in [1.807, 2.05) is 0 Å². The van der Waals surface area contributed by atoms with E-state index in [4.69, 9.17) is 9.47 Å². The van der Waals surface area contributed by atoms with Gasteiger partial charge in [-0.1, -0.05) is 0 Å². The van der Waals surface area contributed by atoms with Crippen LogP contribution in [0.2, 0.25) is 0 Å². The predicted molar refractivity (Wildman–Crippen MR) is 66.7 cm³/mol. The number of methoxy groups -OCH3 is 1. The fraction of sp³-hybridized carbons (Fsp3) is 0.500. The van der Waals surface area contributed by atoms with Crippen molar-refractivity contribution in [1.29, 1.82) is 0 Å². The summed E-state index contributed by atoms with van der Waals surface area (Å²) in [6, 6.07) is 3.43. The molecule has 1 aliphatic heterocycles. The first-order chi connectivity index (χ1) is 9.06. The zero-order valence-electron chi connectivity index (χ0n) is 10.5. The van der Waals surface area contributed by atoms with Crippen LogP contribution in [-0.2, 0) is 9.47 Å². The van der Waals surface area contributed by atoms with Crippen molar-refractivity contribution in [3.63, 3.8) is 0 Å². The van der Waals surface area contributed by atoms with Gasteiger partial charge in [0.2, 0.25) is 0 Å². The summed E-state index contributed by atoms with van der Waals surface area (Å²) in [6.45, 7) is 1.41. The molecule has 1 unspecified atom stereocenters. The van der Waals surface area contributed by atoms with Gasteiger partial charge in [-0.15, -0.1) is 0 Å². The highest BCUT2D eigenvalue weighted by molar-refractivity contribution is 5.61. The third-order valence-electron chi connectivity index (χ3n) is 3.26. The number of nitro benzene ring substituents is 1. The fourth-order valence-electron chi connectivity index (χ4n) is 2.02. The lowest BCUT2D eigenvalue weighted by Gasteiger charge is -2.26. The molecule has 1 aromatic rings. The van der Waals surface area contributed by atoms with E-state index in [1.165, 1.54) is 12.1 Å². The molecular weight excluding hydrogens is 255 g/mol. The number of nitrogens with one attached hydrogen (secondary N) is 1. The van der Waals surface area contributed by atoms with Gasteiger partial charge in [0, 0.05) is 26.7 Å². The van der Waals surface area contributed by atoms with E-state index in [0.717, 1.165) is 6.07 Å². The number of benzene rings is 1. The van der Waals surface area contributed by atoms with Gasteiger partial charge in [0.05, 0.1) is 17.6 Å². The molecule has 0 bridgehead atoms. The summed E-state index contributed by atoms with van der Waals surface area (Å²) in [4.78, 5) is 10.2. The van der Waals surface area contributed by atoms with E-state index in [9.17, 15) is 14.5 Å². The lowest BCUT2D eigenvalue weighted by atomic mass is 10.0. The van der Waals surface area contributed by atoms with Crippen LogP contribution >= 0.6 is 0 Å². The molecule has 0 spiro atoms. The molecule has 1 saturated heterocycles. The molecule has 1 N–H and O–H groups in total. The largest absolute Gasteiger partial charge is 0.378 e. The molecule has 6 nitrogen and oxygen atoms in total. The molecule has 0 amide bonds. The van der Waals surface area contributed by atoms with Crippen LogP contribution in [-0.4, -0.2) is 37.4 Å². The van der Waals surface area contributed by atoms with Gasteiger partial charge in [0.15, 0.2) is 0 Å². The third kappa shape index (κ3) is 2.99. The van der Waals surface area contributed by atoms with Crippen LogP contribution in [0.4, 0.5) is 15.8 Å². The summed E-state index contributed by atoms with van der Waals surface area (Å²) in [5, 5.41) is 13.8. The van der Waals surface area contributed by atoms with Crippen LogP contribution in [0.5, 0.6) is 0 Å². The highest BCUT2D eigenvalue weighted by Crippen LogP contribution is 2.28. The number of halogens is 1. The van der Waals surface area contributed by atoms with Crippen molar-refractivity contribution >= 4 is 11.4 Å². The van der Waals surface area contributed by atoms with Gasteiger partial charge in [-0.25, -0.2) is 4.39 Å². The van der Waals surface area contributed by atoms with Crippen molar-refractivity contribution in [2.75, 3.05) is 32.2 Å². The van der Waals surface area contributed by atoms with E-state index in [1.54, 1.807) is 7.11 Å². The Morgan fingerprint density at radius 3 is 3.00 bits per heavy atom. The Labute approximate surface area is 109 Å². The molecule has 0 saturated carbocycles. The predicted octanol–water partition coefficient (Wildman–Crippen LogP) is 1.95. The zero-order chi connectivity index (χ0) is 13.9. The van der Waals surface area contributed by atoms with Crippen LogP contribution in [0, 0.1) is 15.9 Å². The summed E-state index contributed by atoms with van der Waals surface area (Å²) >= 11 is 0. The lowest BCUT2D eigenvalue weighted by Crippen LogP contribution is -2.39. The molecule has 7 heteroatoms. The molecule has 1 aliphatic rings. The maximum atomic E-state index is 13.0. The number of nitro groups is 1. The van der Waals surface area contributed by atoms with Crippen molar-refractivity contribution in [1.82, 2.24) is 0 Å². The minimum Gasteiger partial charge on any atom is -0.378 e. The second kappa shape index (κ2) is 5.50. The van der Waals surface area contributed by atoms with Crippen LogP contribution in [0.3, 0.4) is 0 Å². The zero-order valence-corrected chi connectivity index (χ0v) is 10.5. The van der Waals surface area contributed by atoms with Crippen molar-refractivity contribution in [2.45, 2.75) is 12.0 Å². The van der Waals surface area contributed by atoms with Crippen LogP contribution < -0.4 is 5.32 Å². The summed E-state index contributed by atoms with van der Waals surface area (Å²) in [6.07, 6.45) is 0.714. The first-order valence-corrected chi connectivity index (χ1v) is 5.87. The summed E-state index contributed by atoms with van der Waals surface area (Å²) < 4.78 is 23.7. The van der Waals surface area contributed by atoms with Gasteiger partial charge in [-0.3, -0.25) is 10.1 Å². The minimum absolute atomic E-state index is 0.273. The second-order valence-corrected chi connectivity index (χ2v) is 4.46. The van der Waals surface area contributed by atoms with Gasteiger partial charge in [0.25, 0.3) is 5.69 Å². The van der Waals surface area contributed by atoms with Crippen molar-refractivity contribution in [3.05, 3.63) is 34.1 Å². The topological polar surface area (TPSA) is 73.6 Å². The summed E-state index contributed by atoms with van der Waals surface area (Å²) in [5.74, 6) is -0.636. The van der Waals surface area contributed by atoms with Crippen LogP contribution in [0.25, 0.3) is 0 Å².